The zero-order valence-corrected chi connectivity index (χ0v) is 21.4. The number of benzene rings is 3. The number of rotatable bonds is 10. The van der Waals surface area contributed by atoms with Crippen LogP contribution in [0.5, 0.6) is 0 Å². The van der Waals surface area contributed by atoms with Crippen molar-refractivity contribution in [3.63, 3.8) is 0 Å². The largest absolute Gasteiger partial charge is 0.379 e. The highest BCUT2D eigenvalue weighted by atomic mass is 35.5. The minimum absolute atomic E-state index is 0.0618. The van der Waals surface area contributed by atoms with Crippen LogP contribution >= 0.6 is 11.6 Å². The third-order valence-corrected chi connectivity index (χ3v) is 6.51. The quantitative estimate of drug-likeness (QED) is 0.391. The summed E-state index contributed by atoms with van der Waals surface area (Å²) in [5, 5.41) is 3.53. The van der Waals surface area contributed by atoms with Crippen LogP contribution in [0.1, 0.15) is 27.9 Å². The Labute approximate surface area is 222 Å². The maximum atomic E-state index is 13.5. The summed E-state index contributed by atoms with van der Waals surface area (Å²) in [4.78, 5) is 30.0. The molecule has 8 heteroatoms. The Hall–Kier alpha value is -3.26. The maximum Gasteiger partial charge on any atom is 0.258 e. The number of anilines is 1. The van der Waals surface area contributed by atoms with E-state index < -0.39 is 0 Å². The van der Waals surface area contributed by atoms with Gasteiger partial charge in [-0.25, -0.2) is 4.39 Å². The molecule has 1 aliphatic heterocycles. The lowest BCUT2D eigenvalue weighted by Gasteiger charge is -2.26. The molecule has 0 aromatic heterocycles. The van der Waals surface area contributed by atoms with Crippen LogP contribution in [0.3, 0.4) is 0 Å². The Morgan fingerprint density at radius 2 is 1.70 bits per heavy atom. The van der Waals surface area contributed by atoms with Crippen molar-refractivity contribution in [3.05, 3.63) is 100 Å². The first kappa shape index (κ1) is 26.8. The lowest BCUT2D eigenvalue weighted by atomic mass is 10.1. The Balaban J connectivity index is 1.42. The topological polar surface area (TPSA) is 61.9 Å². The molecule has 1 heterocycles. The molecule has 1 N–H and O–H groups in total. The molecule has 0 radical (unpaired) electrons. The zero-order valence-electron chi connectivity index (χ0n) is 20.7. The van der Waals surface area contributed by atoms with Crippen LogP contribution < -0.4 is 10.2 Å². The van der Waals surface area contributed by atoms with E-state index in [1.807, 2.05) is 24.3 Å². The molecule has 1 fully saturated rings. The van der Waals surface area contributed by atoms with Gasteiger partial charge in [0, 0.05) is 35.9 Å². The molecule has 0 atom stereocenters. The van der Waals surface area contributed by atoms with Gasteiger partial charge in [0.15, 0.2) is 0 Å². The van der Waals surface area contributed by atoms with Crippen molar-refractivity contribution in [2.24, 2.45) is 0 Å². The molecular weight excluding hydrogens is 493 g/mol. The lowest BCUT2D eigenvalue weighted by Crippen LogP contribution is -2.38. The van der Waals surface area contributed by atoms with E-state index >= 15 is 0 Å². The van der Waals surface area contributed by atoms with E-state index in [4.69, 9.17) is 16.3 Å². The van der Waals surface area contributed by atoms with Gasteiger partial charge in [0.05, 0.1) is 26.2 Å². The summed E-state index contributed by atoms with van der Waals surface area (Å²) in [7, 11) is 0. The maximum absolute atomic E-state index is 13.5. The molecule has 0 unspecified atom stereocenters. The van der Waals surface area contributed by atoms with Crippen molar-refractivity contribution in [2.75, 3.05) is 44.3 Å². The number of amides is 2. The minimum atomic E-state index is -0.336. The number of hydrogen-bond acceptors (Lipinski definition) is 4. The van der Waals surface area contributed by atoms with E-state index in [2.05, 4.69) is 10.2 Å². The summed E-state index contributed by atoms with van der Waals surface area (Å²) in [5.41, 5.74) is 2.72. The highest BCUT2D eigenvalue weighted by Gasteiger charge is 2.19. The number of ether oxygens (including phenoxy) is 1. The van der Waals surface area contributed by atoms with Gasteiger partial charge in [0.1, 0.15) is 5.82 Å². The molecule has 194 valence electrons. The first-order valence-corrected chi connectivity index (χ1v) is 12.8. The number of carbonyl (C=O) groups excluding carboxylic acids is 2. The molecule has 0 aliphatic carbocycles. The first-order chi connectivity index (χ1) is 18.0. The third kappa shape index (κ3) is 8.12. The van der Waals surface area contributed by atoms with Gasteiger partial charge in [0.2, 0.25) is 5.91 Å². The number of nitrogens with zero attached hydrogens (tertiary/aromatic N) is 2. The molecule has 0 bridgehead atoms. The molecule has 3 aromatic rings. The lowest BCUT2D eigenvalue weighted by molar-refractivity contribution is -0.120. The van der Waals surface area contributed by atoms with E-state index in [0.717, 1.165) is 50.4 Å². The smallest absolute Gasteiger partial charge is 0.258 e. The highest BCUT2D eigenvalue weighted by molar-refractivity contribution is 6.30. The van der Waals surface area contributed by atoms with E-state index in [1.165, 1.54) is 12.1 Å². The molecule has 2 amide bonds. The first-order valence-electron chi connectivity index (χ1n) is 12.5. The van der Waals surface area contributed by atoms with Crippen LogP contribution in [0.25, 0.3) is 0 Å². The summed E-state index contributed by atoms with van der Waals surface area (Å²) < 4.78 is 18.8. The normalized spacial score (nSPS) is 13.8. The van der Waals surface area contributed by atoms with E-state index in [1.54, 1.807) is 41.3 Å². The van der Waals surface area contributed by atoms with Crippen molar-refractivity contribution in [1.29, 1.82) is 0 Å². The number of hydrogen-bond donors (Lipinski definition) is 1. The van der Waals surface area contributed by atoms with Gasteiger partial charge in [-0.05, 0) is 72.6 Å². The second-order valence-electron chi connectivity index (χ2n) is 9.03. The van der Waals surface area contributed by atoms with Gasteiger partial charge in [-0.2, -0.15) is 0 Å². The van der Waals surface area contributed by atoms with Gasteiger partial charge in [-0.15, -0.1) is 0 Å². The van der Waals surface area contributed by atoms with Crippen molar-refractivity contribution in [2.45, 2.75) is 19.4 Å². The molecule has 37 heavy (non-hydrogen) atoms. The van der Waals surface area contributed by atoms with Crippen LogP contribution in [-0.4, -0.2) is 56.1 Å². The number of halogens is 2. The summed E-state index contributed by atoms with van der Waals surface area (Å²) in [6, 6.07) is 20.2. The molecule has 1 saturated heterocycles. The van der Waals surface area contributed by atoms with Gasteiger partial charge < -0.3 is 15.0 Å². The average Bonchev–Trinajstić information content (AvgIpc) is 2.91. The van der Waals surface area contributed by atoms with Crippen molar-refractivity contribution in [1.82, 2.24) is 10.2 Å². The summed E-state index contributed by atoms with van der Waals surface area (Å²) >= 11 is 6.01. The number of morpholine rings is 1. The predicted octanol–water partition coefficient (Wildman–Crippen LogP) is 4.71. The van der Waals surface area contributed by atoms with Gasteiger partial charge in [-0.1, -0.05) is 35.9 Å². The average molecular weight is 524 g/mol. The van der Waals surface area contributed by atoms with Gasteiger partial charge in [-0.3, -0.25) is 14.5 Å². The monoisotopic (exact) mass is 523 g/mol. The van der Waals surface area contributed by atoms with Crippen LogP contribution in [0, 0.1) is 5.82 Å². The second kappa shape index (κ2) is 13.3. The van der Waals surface area contributed by atoms with Crippen molar-refractivity contribution in [3.8, 4) is 0 Å². The molecule has 0 spiro atoms. The van der Waals surface area contributed by atoms with Crippen molar-refractivity contribution < 1.29 is 18.7 Å². The van der Waals surface area contributed by atoms with E-state index in [9.17, 15) is 14.0 Å². The Morgan fingerprint density at radius 1 is 0.973 bits per heavy atom. The minimum Gasteiger partial charge on any atom is -0.379 e. The molecule has 3 aromatic carbocycles. The number of carbonyl (C=O) groups is 2. The van der Waals surface area contributed by atoms with E-state index in [-0.39, 0.29) is 30.6 Å². The molecule has 4 rings (SSSR count). The fourth-order valence-electron chi connectivity index (χ4n) is 4.24. The SMILES string of the molecule is O=C(Cc1cccc(N(Cc2ccc(F)cc2)C(=O)c2ccc(Cl)cc2)c1)NCCCN1CCOCC1. The van der Waals surface area contributed by atoms with Crippen LogP contribution in [0.4, 0.5) is 10.1 Å². The Kier molecular flexibility index (Phi) is 9.65. The molecule has 0 saturated carbocycles. The second-order valence-corrected chi connectivity index (χ2v) is 9.47. The summed E-state index contributed by atoms with van der Waals surface area (Å²) in [6.45, 7) is 5.20. The molecular formula is C29H31ClFN3O3. The van der Waals surface area contributed by atoms with Crippen LogP contribution in [0.15, 0.2) is 72.8 Å². The third-order valence-electron chi connectivity index (χ3n) is 6.25. The van der Waals surface area contributed by atoms with Crippen LogP contribution in [0.2, 0.25) is 5.02 Å². The highest BCUT2D eigenvalue weighted by Crippen LogP contribution is 2.23. The van der Waals surface area contributed by atoms with E-state index in [0.29, 0.717) is 22.8 Å². The Bertz CT molecular complexity index is 1180. The standard InChI is InChI=1S/C29H31ClFN3O3/c30-25-9-7-24(8-10-25)29(36)34(21-22-5-11-26(31)12-6-22)27-4-1-3-23(19-27)20-28(35)32-13-2-14-33-15-17-37-18-16-33/h1,3-12,19H,2,13-18,20-21H2,(H,32,35). The molecule has 1 aliphatic rings. The van der Waals surface area contributed by atoms with Gasteiger partial charge in [0.25, 0.3) is 5.91 Å². The van der Waals surface area contributed by atoms with Crippen molar-refractivity contribution >= 4 is 29.1 Å². The van der Waals surface area contributed by atoms with Gasteiger partial charge >= 0.3 is 0 Å². The number of nitrogens with one attached hydrogen (secondary N) is 1. The predicted molar refractivity (Wildman–Crippen MR) is 143 cm³/mol. The Morgan fingerprint density at radius 3 is 2.43 bits per heavy atom. The summed E-state index contributed by atoms with van der Waals surface area (Å²) in [6.07, 6.45) is 1.09. The zero-order chi connectivity index (χ0) is 26.0. The molecule has 6 nitrogen and oxygen atoms in total. The summed E-state index contributed by atoms with van der Waals surface area (Å²) in [5.74, 6) is -0.615. The fourth-order valence-corrected chi connectivity index (χ4v) is 4.36. The van der Waals surface area contributed by atoms with Crippen LogP contribution in [-0.2, 0) is 22.5 Å². The fraction of sp³-hybridized carbons (Fsp3) is 0.310.